The van der Waals surface area contributed by atoms with Crippen molar-refractivity contribution in [1.29, 1.82) is 0 Å². The van der Waals surface area contributed by atoms with Crippen molar-refractivity contribution in [2.45, 2.75) is 25.8 Å². The second-order valence-corrected chi connectivity index (χ2v) is 6.10. The van der Waals surface area contributed by atoms with Crippen LogP contribution in [-0.2, 0) is 9.59 Å². The number of aliphatic carboxylic acids is 1. The molecule has 0 saturated carbocycles. The molecule has 2 amide bonds. The van der Waals surface area contributed by atoms with E-state index >= 15 is 0 Å². The zero-order chi connectivity index (χ0) is 17.2. The maximum absolute atomic E-state index is 11.9. The Bertz CT molecular complexity index is 546. The summed E-state index contributed by atoms with van der Waals surface area (Å²) in [5.74, 6) is -1.03. The van der Waals surface area contributed by atoms with Crippen molar-refractivity contribution in [2.75, 3.05) is 18.6 Å². The molecular weight excluding hydrogens is 316 g/mol. The van der Waals surface area contributed by atoms with Gasteiger partial charge in [0.25, 0.3) is 5.91 Å². The maximum Gasteiger partial charge on any atom is 0.326 e. The van der Waals surface area contributed by atoms with Gasteiger partial charge in [0.15, 0.2) is 0 Å². The van der Waals surface area contributed by atoms with E-state index in [4.69, 9.17) is 5.11 Å². The van der Waals surface area contributed by atoms with Crippen molar-refractivity contribution >= 4 is 29.5 Å². The summed E-state index contributed by atoms with van der Waals surface area (Å²) in [5, 5.41) is 14.2. The number of aryl methyl sites for hydroxylation is 1. The molecule has 0 heterocycles. The van der Waals surface area contributed by atoms with E-state index in [-0.39, 0.29) is 24.8 Å². The van der Waals surface area contributed by atoms with Crippen LogP contribution in [0.25, 0.3) is 0 Å². The van der Waals surface area contributed by atoms with E-state index in [2.05, 4.69) is 10.6 Å². The molecule has 0 aliphatic carbocycles. The van der Waals surface area contributed by atoms with Gasteiger partial charge in [-0.3, -0.25) is 9.59 Å². The molecule has 3 N–H and O–H groups in total. The van der Waals surface area contributed by atoms with Crippen LogP contribution >= 0.6 is 11.8 Å². The highest BCUT2D eigenvalue weighted by Gasteiger charge is 2.19. The summed E-state index contributed by atoms with van der Waals surface area (Å²) in [6.07, 6.45) is 2.29. The summed E-state index contributed by atoms with van der Waals surface area (Å²) in [7, 11) is 0. The number of carbonyl (C=O) groups is 3. The summed E-state index contributed by atoms with van der Waals surface area (Å²) in [5.41, 5.74) is 1.59. The summed E-state index contributed by atoms with van der Waals surface area (Å²) in [6.45, 7) is 2.09. The van der Waals surface area contributed by atoms with Gasteiger partial charge in [0.05, 0.1) is 0 Å². The number of rotatable bonds is 9. The number of hydrogen-bond donors (Lipinski definition) is 3. The van der Waals surface area contributed by atoms with Crippen LogP contribution < -0.4 is 10.6 Å². The van der Waals surface area contributed by atoms with Gasteiger partial charge in [-0.1, -0.05) is 17.7 Å². The molecular formula is C16H22N2O4S. The molecule has 0 aliphatic rings. The van der Waals surface area contributed by atoms with Crippen molar-refractivity contribution in [2.24, 2.45) is 0 Å². The SMILES string of the molecule is CSCC[C@@H](NC(=O)CCNC(=O)c1ccc(C)cc1)C(=O)O. The predicted octanol–water partition coefficient (Wildman–Crippen LogP) is 1.44. The smallest absolute Gasteiger partial charge is 0.326 e. The minimum atomic E-state index is -1.05. The molecule has 0 aliphatic heterocycles. The minimum absolute atomic E-state index is 0.0423. The summed E-state index contributed by atoms with van der Waals surface area (Å²) in [6, 6.07) is 6.22. The van der Waals surface area contributed by atoms with Crippen molar-refractivity contribution in [3.63, 3.8) is 0 Å². The fraction of sp³-hybridized carbons (Fsp3) is 0.438. The second kappa shape index (κ2) is 9.89. The minimum Gasteiger partial charge on any atom is -0.480 e. The molecule has 1 aromatic rings. The molecule has 0 fully saturated rings. The topological polar surface area (TPSA) is 95.5 Å². The van der Waals surface area contributed by atoms with Gasteiger partial charge in [-0.25, -0.2) is 4.79 Å². The first-order valence-corrected chi connectivity index (χ1v) is 8.69. The normalized spacial score (nSPS) is 11.6. The van der Waals surface area contributed by atoms with Gasteiger partial charge in [-0.2, -0.15) is 11.8 Å². The number of amides is 2. The Labute approximate surface area is 140 Å². The first kappa shape index (κ1) is 19.0. The Morgan fingerprint density at radius 1 is 1.22 bits per heavy atom. The fourth-order valence-corrected chi connectivity index (χ4v) is 2.33. The van der Waals surface area contributed by atoms with Gasteiger partial charge in [-0.05, 0) is 37.5 Å². The van der Waals surface area contributed by atoms with E-state index in [1.54, 1.807) is 12.1 Å². The lowest BCUT2D eigenvalue weighted by Gasteiger charge is -2.14. The Morgan fingerprint density at radius 3 is 2.43 bits per heavy atom. The van der Waals surface area contributed by atoms with E-state index in [9.17, 15) is 14.4 Å². The molecule has 0 bridgehead atoms. The zero-order valence-corrected chi connectivity index (χ0v) is 14.1. The molecule has 6 nitrogen and oxygen atoms in total. The first-order valence-electron chi connectivity index (χ1n) is 7.30. The molecule has 0 saturated heterocycles. The lowest BCUT2D eigenvalue weighted by atomic mass is 10.1. The van der Waals surface area contributed by atoms with Crippen LogP contribution in [0.2, 0.25) is 0 Å². The largest absolute Gasteiger partial charge is 0.480 e. The van der Waals surface area contributed by atoms with Crippen molar-refractivity contribution < 1.29 is 19.5 Å². The molecule has 0 radical (unpaired) electrons. The first-order chi connectivity index (χ1) is 10.9. The molecule has 0 aromatic heterocycles. The molecule has 126 valence electrons. The lowest BCUT2D eigenvalue weighted by Crippen LogP contribution is -2.42. The van der Waals surface area contributed by atoms with E-state index in [1.807, 2.05) is 25.3 Å². The van der Waals surface area contributed by atoms with Gasteiger partial charge in [-0.15, -0.1) is 0 Å². The highest BCUT2D eigenvalue weighted by molar-refractivity contribution is 7.98. The number of carbonyl (C=O) groups excluding carboxylic acids is 2. The molecule has 1 rings (SSSR count). The van der Waals surface area contributed by atoms with Crippen molar-refractivity contribution in [3.8, 4) is 0 Å². The molecule has 0 unspecified atom stereocenters. The van der Waals surface area contributed by atoms with Crippen LogP contribution in [0.3, 0.4) is 0 Å². The van der Waals surface area contributed by atoms with Crippen LogP contribution in [-0.4, -0.2) is 47.5 Å². The van der Waals surface area contributed by atoms with E-state index in [0.717, 1.165) is 5.56 Å². The highest BCUT2D eigenvalue weighted by Crippen LogP contribution is 2.03. The van der Waals surface area contributed by atoms with Gasteiger partial charge in [0, 0.05) is 18.5 Å². The predicted molar refractivity (Wildman–Crippen MR) is 90.7 cm³/mol. The molecule has 7 heteroatoms. The maximum atomic E-state index is 11.9. The average Bonchev–Trinajstić information content (AvgIpc) is 2.51. The van der Waals surface area contributed by atoms with Crippen LogP contribution in [0.15, 0.2) is 24.3 Å². The third kappa shape index (κ3) is 7.19. The number of thioether (sulfide) groups is 1. The van der Waals surface area contributed by atoms with Gasteiger partial charge < -0.3 is 15.7 Å². The van der Waals surface area contributed by atoms with Gasteiger partial charge in [0.2, 0.25) is 5.91 Å². The summed E-state index contributed by atoms with van der Waals surface area (Å²) in [4.78, 5) is 34.7. The standard InChI is InChI=1S/C16H22N2O4S/c1-11-3-5-12(6-4-11)15(20)17-9-7-14(19)18-13(16(21)22)8-10-23-2/h3-6,13H,7-10H2,1-2H3,(H,17,20)(H,18,19)(H,21,22)/t13-/m1/s1. The van der Waals surface area contributed by atoms with Crippen LogP contribution in [0.5, 0.6) is 0 Å². The fourth-order valence-electron chi connectivity index (χ4n) is 1.86. The molecule has 1 aromatic carbocycles. The Hall–Kier alpha value is -2.02. The number of carboxylic acids is 1. The molecule has 23 heavy (non-hydrogen) atoms. The third-order valence-corrected chi connectivity index (χ3v) is 3.84. The van der Waals surface area contributed by atoms with Crippen molar-refractivity contribution in [1.82, 2.24) is 10.6 Å². The highest BCUT2D eigenvalue weighted by atomic mass is 32.2. The molecule has 0 spiro atoms. The number of carboxylic acid groups (broad SMARTS) is 1. The lowest BCUT2D eigenvalue weighted by molar-refractivity contribution is -0.141. The quantitative estimate of drug-likeness (QED) is 0.633. The van der Waals surface area contributed by atoms with Crippen LogP contribution in [0.1, 0.15) is 28.8 Å². The Kier molecular flexibility index (Phi) is 8.18. The zero-order valence-electron chi connectivity index (χ0n) is 13.3. The third-order valence-electron chi connectivity index (χ3n) is 3.20. The number of benzene rings is 1. The van der Waals surface area contributed by atoms with Crippen LogP contribution in [0, 0.1) is 6.92 Å². The van der Waals surface area contributed by atoms with Gasteiger partial charge in [0.1, 0.15) is 6.04 Å². The summed E-state index contributed by atoms with van der Waals surface area (Å²) < 4.78 is 0. The van der Waals surface area contributed by atoms with Gasteiger partial charge >= 0.3 is 5.97 Å². The number of hydrogen-bond acceptors (Lipinski definition) is 4. The van der Waals surface area contributed by atoms with Crippen molar-refractivity contribution in [3.05, 3.63) is 35.4 Å². The monoisotopic (exact) mass is 338 g/mol. The number of nitrogens with one attached hydrogen (secondary N) is 2. The Balaban J connectivity index is 2.36. The molecule has 1 atom stereocenters. The second-order valence-electron chi connectivity index (χ2n) is 5.11. The van der Waals surface area contributed by atoms with Crippen LogP contribution in [0.4, 0.5) is 0 Å². The average molecular weight is 338 g/mol. The summed E-state index contributed by atoms with van der Waals surface area (Å²) >= 11 is 1.52. The Morgan fingerprint density at radius 2 is 1.87 bits per heavy atom. The van der Waals surface area contributed by atoms with E-state index in [0.29, 0.717) is 17.7 Å². The van der Waals surface area contributed by atoms with E-state index in [1.165, 1.54) is 11.8 Å². The van der Waals surface area contributed by atoms with E-state index < -0.39 is 12.0 Å².